The lowest BCUT2D eigenvalue weighted by Gasteiger charge is -2.24. The standard InChI is InChI=1S/C13H20N2O/c1-3-11(14-7-1)9-15(12-5-6-12)10-13-4-2-8-16-13/h2,4,8,11-12,14H,1,3,5-7,9-10H2. The van der Waals surface area contributed by atoms with Crippen LogP contribution in [0.3, 0.4) is 0 Å². The van der Waals surface area contributed by atoms with Crippen LogP contribution in [0.4, 0.5) is 0 Å². The quantitative estimate of drug-likeness (QED) is 0.822. The van der Waals surface area contributed by atoms with E-state index in [1.54, 1.807) is 6.26 Å². The van der Waals surface area contributed by atoms with Gasteiger partial charge in [-0.25, -0.2) is 0 Å². The number of nitrogens with zero attached hydrogens (tertiary/aromatic N) is 1. The molecule has 0 amide bonds. The maximum Gasteiger partial charge on any atom is 0.117 e. The van der Waals surface area contributed by atoms with Gasteiger partial charge in [-0.15, -0.1) is 0 Å². The van der Waals surface area contributed by atoms with E-state index in [0.29, 0.717) is 6.04 Å². The van der Waals surface area contributed by atoms with Crippen LogP contribution >= 0.6 is 0 Å². The molecule has 3 rings (SSSR count). The summed E-state index contributed by atoms with van der Waals surface area (Å²) in [5, 5.41) is 3.58. The Bertz CT molecular complexity index is 313. The van der Waals surface area contributed by atoms with Crippen LogP contribution < -0.4 is 5.32 Å². The minimum atomic E-state index is 0.704. The van der Waals surface area contributed by atoms with Crippen molar-refractivity contribution in [2.24, 2.45) is 0 Å². The van der Waals surface area contributed by atoms with E-state index < -0.39 is 0 Å². The molecule has 1 saturated carbocycles. The molecule has 1 unspecified atom stereocenters. The van der Waals surface area contributed by atoms with Crippen molar-refractivity contribution in [2.75, 3.05) is 13.1 Å². The van der Waals surface area contributed by atoms with Gasteiger partial charge in [-0.1, -0.05) is 0 Å². The smallest absolute Gasteiger partial charge is 0.117 e. The fourth-order valence-corrected chi connectivity index (χ4v) is 2.58. The minimum Gasteiger partial charge on any atom is -0.468 e. The van der Waals surface area contributed by atoms with Crippen molar-refractivity contribution in [2.45, 2.75) is 44.3 Å². The first-order valence-corrected chi connectivity index (χ1v) is 6.41. The van der Waals surface area contributed by atoms with Crippen LogP contribution in [0, 0.1) is 0 Å². The summed E-state index contributed by atoms with van der Waals surface area (Å²) in [4.78, 5) is 2.59. The number of rotatable bonds is 5. The first-order valence-electron chi connectivity index (χ1n) is 6.41. The number of nitrogens with one attached hydrogen (secondary N) is 1. The van der Waals surface area contributed by atoms with Crippen molar-refractivity contribution >= 4 is 0 Å². The molecule has 1 saturated heterocycles. The Labute approximate surface area is 96.8 Å². The van der Waals surface area contributed by atoms with Crippen molar-refractivity contribution in [3.63, 3.8) is 0 Å². The number of furan rings is 1. The first-order chi connectivity index (χ1) is 7.92. The van der Waals surface area contributed by atoms with Crippen molar-refractivity contribution in [3.05, 3.63) is 24.2 Å². The molecule has 2 heterocycles. The van der Waals surface area contributed by atoms with Gasteiger partial charge >= 0.3 is 0 Å². The average Bonchev–Trinajstić information content (AvgIpc) is 2.79. The zero-order valence-corrected chi connectivity index (χ0v) is 9.69. The van der Waals surface area contributed by atoms with Gasteiger partial charge < -0.3 is 9.73 Å². The Balaban J connectivity index is 1.57. The molecule has 88 valence electrons. The molecule has 1 aliphatic heterocycles. The van der Waals surface area contributed by atoms with Gasteiger partial charge in [-0.2, -0.15) is 0 Å². The Morgan fingerprint density at radius 3 is 2.94 bits per heavy atom. The molecular weight excluding hydrogens is 200 g/mol. The molecule has 16 heavy (non-hydrogen) atoms. The molecule has 0 radical (unpaired) electrons. The summed E-state index contributed by atoms with van der Waals surface area (Å²) in [6.45, 7) is 3.37. The average molecular weight is 220 g/mol. The molecule has 2 aliphatic rings. The van der Waals surface area contributed by atoms with Gasteiger partial charge in [-0.3, -0.25) is 4.90 Å². The predicted octanol–water partition coefficient (Wildman–Crippen LogP) is 2.00. The highest BCUT2D eigenvalue weighted by atomic mass is 16.3. The zero-order valence-electron chi connectivity index (χ0n) is 9.69. The van der Waals surface area contributed by atoms with Gasteiger partial charge in [-0.05, 0) is 44.4 Å². The van der Waals surface area contributed by atoms with E-state index in [1.807, 2.05) is 6.07 Å². The largest absolute Gasteiger partial charge is 0.468 e. The van der Waals surface area contributed by atoms with E-state index in [2.05, 4.69) is 16.3 Å². The van der Waals surface area contributed by atoms with Crippen LogP contribution in [0.5, 0.6) is 0 Å². The lowest BCUT2D eigenvalue weighted by molar-refractivity contribution is 0.214. The topological polar surface area (TPSA) is 28.4 Å². The summed E-state index contributed by atoms with van der Waals surface area (Å²) >= 11 is 0. The van der Waals surface area contributed by atoms with Crippen molar-refractivity contribution < 1.29 is 4.42 Å². The molecule has 1 N–H and O–H groups in total. The Kier molecular flexibility index (Phi) is 2.98. The summed E-state index contributed by atoms with van der Waals surface area (Å²) in [7, 11) is 0. The maximum absolute atomic E-state index is 5.44. The highest BCUT2D eigenvalue weighted by Crippen LogP contribution is 2.29. The third kappa shape index (κ3) is 2.47. The van der Waals surface area contributed by atoms with Gasteiger partial charge in [0.2, 0.25) is 0 Å². The fourth-order valence-electron chi connectivity index (χ4n) is 2.58. The molecule has 1 aliphatic carbocycles. The van der Waals surface area contributed by atoms with Gasteiger partial charge in [0.25, 0.3) is 0 Å². The molecule has 0 bridgehead atoms. The third-order valence-electron chi connectivity index (χ3n) is 3.62. The van der Waals surface area contributed by atoms with Gasteiger partial charge in [0.05, 0.1) is 12.8 Å². The summed E-state index contributed by atoms with van der Waals surface area (Å²) in [6.07, 6.45) is 7.18. The van der Waals surface area contributed by atoms with Crippen LogP contribution in [0.15, 0.2) is 22.8 Å². The van der Waals surface area contributed by atoms with E-state index >= 15 is 0 Å². The highest BCUT2D eigenvalue weighted by Gasteiger charge is 2.31. The molecule has 1 aromatic rings. The molecule has 2 fully saturated rings. The van der Waals surface area contributed by atoms with Crippen LogP contribution in [-0.4, -0.2) is 30.1 Å². The minimum absolute atomic E-state index is 0.704. The van der Waals surface area contributed by atoms with Crippen LogP contribution in [-0.2, 0) is 6.54 Å². The third-order valence-corrected chi connectivity index (χ3v) is 3.62. The summed E-state index contributed by atoms with van der Waals surface area (Å²) in [5.74, 6) is 1.10. The van der Waals surface area contributed by atoms with E-state index in [9.17, 15) is 0 Å². The SMILES string of the molecule is c1coc(CN(CC2CCCN2)C2CC2)c1. The highest BCUT2D eigenvalue weighted by molar-refractivity contribution is 5.00. The molecule has 0 spiro atoms. The fraction of sp³-hybridized carbons (Fsp3) is 0.692. The van der Waals surface area contributed by atoms with E-state index in [-0.39, 0.29) is 0 Å². The maximum atomic E-state index is 5.44. The van der Waals surface area contributed by atoms with Gasteiger partial charge in [0, 0.05) is 18.6 Å². The monoisotopic (exact) mass is 220 g/mol. The Morgan fingerprint density at radius 1 is 1.38 bits per heavy atom. The Morgan fingerprint density at radius 2 is 2.31 bits per heavy atom. The van der Waals surface area contributed by atoms with Crippen LogP contribution in [0.1, 0.15) is 31.4 Å². The predicted molar refractivity (Wildman–Crippen MR) is 63.2 cm³/mol. The van der Waals surface area contributed by atoms with Crippen molar-refractivity contribution in [1.29, 1.82) is 0 Å². The molecule has 3 nitrogen and oxygen atoms in total. The number of hydrogen-bond donors (Lipinski definition) is 1. The van der Waals surface area contributed by atoms with Gasteiger partial charge in [0.15, 0.2) is 0 Å². The lowest BCUT2D eigenvalue weighted by atomic mass is 10.2. The number of hydrogen-bond acceptors (Lipinski definition) is 3. The zero-order chi connectivity index (χ0) is 10.8. The molecule has 1 aromatic heterocycles. The van der Waals surface area contributed by atoms with E-state index in [0.717, 1.165) is 18.3 Å². The second-order valence-electron chi connectivity index (χ2n) is 5.03. The lowest BCUT2D eigenvalue weighted by Crippen LogP contribution is -2.38. The molecule has 0 aromatic carbocycles. The van der Waals surface area contributed by atoms with Crippen LogP contribution in [0.2, 0.25) is 0 Å². The summed E-state index contributed by atoms with van der Waals surface area (Å²) in [6, 6.07) is 5.58. The molecule has 1 atom stereocenters. The molecule has 3 heteroatoms. The second kappa shape index (κ2) is 4.60. The van der Waals surface area contributed by atoms with Crippen molar-refractivity contribution in [1.82, 2.24) is 10.2 Å². The normalized spacial score (nSPS) is 25.4. The first kappa shape index (κ1) is 10.4. The van der Waals surface area contributed by atoms with Crippen molar-refractivity contribution in [3.8, 4) is 0 Å². The Hall–Kier alpha value is -0.800. The van der Waals surface area contributed by atoms with E-state index in [4.69, 9.17) is 4.42 Å². The molecular formula is C13H20N2O. The summed E-state index contributed by atoms with van der Waals surface area (Å²) < 4.78 is 5.44. The van der Waals surface area contributed by atoms with Gasteiger partial charge in [0.1, 0.15) is 5.76 Å². The second-order valence-corrected chi connectivity index (χ2v) is 5.03. The summed E-state index contributed by atoms with van der Waals surface area (Å²) in [5.41, 5.74) is 0. The van der Waals surface area contributed by atoms with Crippen LogP contribution in [0.25, 0.3) is 0 Å². The van der Waals surface area contributed by atoms with E-state index in [1.165, 1.54) is 38.8 Å².